The van der Waals surface area contributed by atoms with Gasteiger partial charge in [-0.05, 0) is 0 Å². The maximum absolute atomic E-state index is 10.9. The fraction of sp³-hybridized carbons (Fsp3) is 0.375. The Kier molecular flexibility index (Phi) is 3.66. The van der Waals surface area contributed by atoms with Crippen LogP contribution < -0.4 is 5.32 Å². The molecule has 1 aromatic heterocycles. The minimum absolute atomic E-state index is 0.365. The van der Waals surface area contributed by atoms with Crippen molar-refractivity contribution in [3.8, 4) is 0 Å². The van der Waals surface area contributed by atoms with Crippen molar-refractivity contribution in [2.75, 3.05) is 13.7 Å². The number of imidazole rings is 1. The second kappa shape index (κ2) is 5.00. The molecule has 0 saturated carbocycles. The molecule has 1 heterocycles. The minimum Gasteiger partial charge on any atom is -0.462 e. The van der Waals surface area contributed by atoms with E-state index in [1.807, 2.05) is 0 Å². The molecule has 6 heteroatoms. The predicted octanol–water partition coefficient (Wildman–Crippen LogP) is -0.828. The number of hydrogen-bond donors (Lipinski definition) is 1. The molecule has 0 spiro atoms. The van der Waals surface area contributed by atoms with Crippen LogP contribution in [0.15, 0.2) is 18.7 Å². The number of carbonyl (C=O) groups is 2. The van der Waals surface area contributed by atoms with E-state index in [1.165, 1.54) is 0 Å². The Morgan fingerprint density at radius 3 is 2.93 bits per heavy atom. The first kappa shape index (κ1) is 10.2. The molecular weight excluding hydrogens is 186 g/mol. The van der Waals surface area contributed by atoms with Crippen molar-refractivity contribution in [1.29, 1.82) is 0 Å². The highest BCUT2D eigenvalue weighted by atomic mass is 16.5. The molecule has 1 amide bonds. The molecule has 0 aliphatic rings. The molecule has 0 atom stereocenters. The molecule has 14 heavy (non-hydrogen) atoms. The van der Waals surface area contributed by atoms with Crippen molar-refractivity contribution in [2.24, 2.45) is 0 Å². The maximum atomic E-state index is 10.9. The SMILES string of the molecule is COC(=O)C(=O)NCCn1ccnc1. The molecule has 1 N–H and O–H groups in total. The highest BCUT2D eigenvalue weighted by Crippen LogP contribution is 1.83. The summed E-state index contributed by atoms with van der Waals surface area (Å²) in [6, 6.07) is 0. The van der Waals surface area contributed by atoms with Gasteiger partial charge in [0, 0.05) is 25.5 Å². The zero-order chi connectivity index (χ0) is 10.4. The highest BCUT2D eigenvalue weighted by Gasteiger charge is 2.11. The number of ether oxygens (including phenoxy) is 1. The minimum atomic E-state index is -0.879. The average molecular weight is 197 g/mol. The molecule has 0 radical (unpaired) electrons. The summed E-state index contributed by atoms with van der Waals surface area (Å²) < 4.78 is 6.02. The van der Waals surface area contributed by atoms with Crippen LogP contribution in [0.4, 0.5) is 0 Å². The Labute approximate surface area is 80.9 Å². The van der Waals surface area contributed by atoms with E-state index in [-0.39, 0.29) is 0 Å². The summed E-state index contributed by atoms with van der Waals surface area (Å²) in [5, 5.41) is 2.41. The molecule has 6 nitrogen and oxygen atoms in total. The zero-order valence-electron chi connectivity index (χ0n) is 7.77. The molecule has 0 aliphatic heterocycles. The van der Waals surface area contributed by atoms with Gasteiger partial charge in [0.2, 0.25) is 0 Å². The topological polar surface area (TPSA) is 73.2 Å². The van der Waals surface area contributed by atoms with E-state index in [0.29, 0.717) is 13.1 Å². The van der Waals surface area contributed by atoms with E-state index in [0.717, 1.165) is 7.11 Å². The Morgan fingerprint density at radius 2 is 2.36 bits per heavy atom. The second-order valence-corrected chi connectivity index (χ2v) is 2.55. The van der Waals surface area contributed by atoms with Crippen LogP contribution in [-0.2, 0) is 20.9 Å². The molecule has 1 aromatic rings. The van der Waals surface area contributed by atoms with Crippen molar-refractivity contribution in [1.82, 2.24) is 14.9 Å². The van der Waals surface area contributed by atoms with Gasteiger partial charge in [-0.25, -0.2) is 9.78 Å². The molecular formula is C8H11N3O3. The van der Waals surface area contributed by atoms with Crippen molar-refractivity contribution >= 4 is 11.9 Å². The van der Waals surface area contributed by atoms with Crippen molar-refractivity contribution in [3.05, 3.63) is 18.7 Å². The Hall–Kier alpha value is -1.85. The zero-order valence-corrected chi connectivity index (χ0v) is 7.77. The maximum Gasteiger partial charge on any atom is 0.396 e. The first-order valence-corrected chi connectivity index (χ1v) is 4.06. The lowest BCUT2D eigenvalue weighted by atomic mass is 10.5. The molecule has 0 aromatic carbocycles. The summed E-state index contributed by atoms with van der Waals surface area (Å²) in [4.78, 5) is 25.4. The molecule has 0 unspecified atom stereocenters. The summed E-state index contributed by atoms with van der Waals surface area (Å²) in [7, 11) is 1.16. The smallest absolute Gasteiger partial charge is 0.396 e. The molecule has 1 rings (SSSR count). The third-order valence-electron chi connectivity index (χ3n) is 1.59. The highest BCUT2D eigenvalue weighted by molar-refractivity contribution is 6.32. The van der Waals surface area contributed by atoms with Gasteiger partial charge < -0.3 is 14.6 Å². The summed E-state index contributed by atoms with van der Waals surface area (Å²) in [5.74, 6) is -1.61. The van der Waals surface area contributed by atoms with Crippen molar-refractivity contribution in [2.45, 2.75) is 6.54 Å². The van der Waals surface area contributed by atoms with Gasteiger partial charge in [0.15, 0.2) is 0 Å². The van der Waals surface area contributed by atoms with Crippen LogP contribution in [0.5, 0.6) is 0 Å². The van der Waals surface area contributed by atoms with Crippen LogP contribution in [0, 0.1) is 0 Å². The molecule has 0 aliphatic carbocycles. The van der Waals surface area contributed by atoms with Gasteiger partial charge in [0.1, 0.15) is 0 Å². The lowest BCUT2D eigenvalue weighted by Crippen LogP contribution is -2.33. The first-order valence-electron chi connectivity index (χ1n) is 4.06. The largest absolute Gasteiger partial charge is 0.462 e. The van der Waals surface area contributed by atoms with Gasteiger partial charge in [-0.1, -0.05) is 0 Å². The normalized spacial score (nSPS) is 9.50. The number of hydrogen-bond acceptors (Lipinski definition) is 4. The Morgan fingerprint density at radius 1 is 1.57 bits per heavy atom. The number of aromatic nitrogens is 2. The van der Waals surface area contributed by atoms with Crippen LogP contribution in [0.2, 0.25) is 0 Å². The standard InChI is InChI=1S/C8H11N3O3/c1-14-8(13)7(12)10-3-5-11-4-2-9-6-11/h2,4,6H,3,5H2,1H3,(H,10,12). The lowest BCUT2D eigenvalue weighted by molar-refractivity contribution is -0.152. The quantitative estimate of drug-likeness (QED) is 0.507. The molecule has 0 bridgehead atoms. The van der Waals surface area contributed by atoms with Gasteiger partial charge in [0.05, 0.1) is 13.4 Å². The number of amides is 1. The number of nitrogens with one attached hydrogen (secondary N) is 1. The molecule has 0 fully saturated rings. The average Bonchev–Trinajstić information content (AvgIpc) is 2.69. The van der Waals surface area contributed by atoms with Gasteiger partial charge in [0.25, 0.3) is 0 Å². The van der Waals surface area contributed by atoms with Gasteiger partial charge in [-0.15, -0.1) is 0 Å². The monoisotopic (exact) mass is 197 g/mol. The predicted molar refractivity (Wildman–Crippen MR) is 47.3 cm³/mol. The van der Waals surface area contributed by atoms with E-state index in [9.17, 15) is 9.59 Å². The van der Waals surface area contributed by atoms with E-state index >= 15 is 0 Å². The second-order valence-electron chi connectivity index (χ2n) is 2.55. The fourth-order valence-corrected chi connectivity index (χ4v) is 0.882. The molecule has 0 saturated heterocycles. The number of carbonyl (C=O) groups excluding carboxylic acids is 2. The first-order chi connectivity index (χ1) is 6.74. The van der Waals surface area contributed by atoms with E-state index < -0.39 is 11.9 Å². The van der Waals surface area contributed by atoms with Crippen molar-refractivity contribution in [3.63, 3.8) is 0 Å². The van der Waals surface area contributed by atoms with Crippen LogP contribution in [0.3, 0.4) is 0 Å². The van der Waals surface area contributed by atoms with Crippen LogP contribution in [-0.4, -0.2) is 35.1 Å². The Bertz CT molecular complexity index is 308. The lowest BCUT2D eigenvalue weighted by Gasteiger charge is -2.03. The van der Waals surface area contributed by atoms with E-state index in [4.69, 9.17) is 0 Å². The van der Waals surface area contributed by atoms with Crippen LogP contribution in [0.1, 0.15) is 0 Å². The van der Waals surface area contributed by atoms with Gasteiger partial charge in [-0.3, -0.25) is 4.79 Å². The number of rotatable bonds is 3. The summed E-state index contributed by atoms with van der Waals surface area (Å²) in [6.45, 7) is 0.938. The number of methoxy groups -OCH3 is 1. The number of esters is 1. The van der Waals surface area contributed by atoms with Gasteiger partial charge >= 0.3 is 11.9 Å². The molecule has 76 valence electrons. The van der Waals surface area contributed by atoms with E-state index in [1.54, 1.807) is 23.3 Å². The van der Waals surface area contributed by atoms with E-state index in [2.05, 4.69) is 15.0 Å². The fourth-order valence-electron chi connectivity index (χ4n) is 0.882. The Balaban J connectivity index is 2.22. The third kappa shape index (κ3) is 2.89. The van der Waals surface area contributed by atoms with Gasteiger partial charge in [-0.2, -0.15) is 0 Å². The summed E-state index contributed by atoms with van der Waals surface area (Å²) >= 11 is 0. The number of nitrogens with zero attached hydrogens (tertiary/aromatic N) is 2. The van der Waals surface area contributed by atoms with Crippen LogP contribution in [0.25, 0.3) is 0 Å². The third-order valence-corrected chi connectivity index (χ3v) is 1.59. The van der Waals surface area contributed by atoms with Crippen LogP contribution >= 0.6 is 0 Å². The summed E-state index contributed by atoms with van der Waals surface area (Å²) in [6.07, 6.45) is 5.04. The van der Waals surface area contributed by atoms with Crippen molar-refractivity contribution < 1.29 is 14.3 Å². The summed E-state index contributed by atoms with van der Waals surface area (Å²) in [5.41, 5.74) is 0.